The molecule has 0 fully saturated rings. The molecule has 2 N–H and O–H groups in total. The number of ketones is 1. The van der Waals surface area contributed by atoms with Crippen LogP contribution in [0.15, 0.2) is 36.4 Å². The summed E-state index contributed by atoms with van der Waals surface area (Å²) in [6, 6.07) is 6.91. The highest BCUT2D eigenvalue weighted by Gasteiger charge is 2.29. The van der Waals surface area contributed by atoms with E-state index in [-0.39, 0.29) is 37.0 Å². The van der Waals surface area contributed by atoms with Crippen LogP contribution in [-0.4, -0.2) is 46.9 Å². The monoisotopic (exact) mass is 469 g/mol. The Hall–Kier alpha value is -3.29. The fraction of sp³-hybridized carbons (Fsp3) is 0.500. The first-order valence-corrected chi connectivity index (χ1v) is 11.7. The van der Waals surface area contributed by atoms with Crippen LogP contribution in [0.2, 0.25) is 0 Å². The standard InChI is InChI=1S/C26H35N3O5/c1-16(2)14-19-6-8-20(9-7-19)27-26(34)18(5)15-21(30)25(17(3)4)28-22(31)12-13-29-23(32)10-11-24(29)33/h6-11,16-18,25H,12-15H2,1-5H3,(H,27,34)(H,28,31)/t18-,25?/m1/s1. The number of carbonyl (C=O) groups is 5. The molecule has 1 aromatic rings. The lowest BCUT2D eigenvalue weighted by atomic mass is 9.92. The zero-order valence-electron chi connectivity index (χ0n) is 20.6. The second-order valence-electron chi connectivity index (χ2n) is 9.56. The zero-order chi connectivity index (χ0) is 25.4. The van der Waals surface area contributed by atoms with Gasteiger partial charge in [0.05, 0.1) is 6.04 Å². The predicted molar refractivity (Wildman–Crippen MR) is 130 cm³/mol. The minimum absolute atomic E-state index is 0.0204. The first kappa shape index (κ1) is 27.0. The van der Waals surface area contributed by atoms with Crippen molar-refractivity contribution in [2.45, 2.75) is 59.9 Å². The smallest absolute Gasteiger partial charge is 0.253 e. The Bertz CT molecular complexity index is 932. The summed E-state index contributed by atoms with van der Waals surface area (Å²) in [6.45, 7) is 9.54. The molecule has 0 spiro atoms. The van der Waals surface area contributed by atoms with Gasteiger partial charge in [0.25, 0.3) is 11.8 Å². The molecule has 0 bridgehead atoms. The molecular weight excluding hydrogens is 434 g/mol. The van der Waals surface area contributed by atoms with Crippen LogP contribution in [0, 0.1) is 17.8 Å². The predicted octanol–water partition coefficient (Wildman–Crippen LogP) is 2.87. The Morgan fingerprint density at radius 2 is 1.50 bits per heavy atom. The molecule has 8 heteroatoms. The van der Waals surface area contributed by atoms with Gasteiger partial charge in [-0.2, -0.15) is 0 Å². The molecular formula is C26H35N3O5. The SMILES string of the molecule is CC(C)Cc1ccc(NC(=O)[C@H](C)CC(=O)C(NC(=O)CCN2C(=O)C=CC2=O)C(C)C)cc1. The topological polar surface area (TPSA) is 113 Å². The molecule has 4 amide bonds. The molecule has 1 heterocycles. The van der Waals surface area contributed by atoms with Crippen molar-refractivity contribution in [3.63, 3.8) is 0 Å². The number of Topliss-reactive ketones (excluding diaryl/α,β-unsaturated/α-hetero) is 1. The van der Waals surface area contributed by atoms with Gasteiger partial charge in [-0.15, -0.1) is 0 Å². The van der Waals surface area contributed by atoms with Crippen LogP contribution in [0.1, 0.15) is 53.0 Å². The first-order chi connectivity index (χ1) is 16.0. The van der Waals surface area contributed by atoms with E-state index in [1.54, 1.807) is 6.92 Å². The average Bonchev–Trinajstić information content (AvgIpc) is 3.08. The third-order valence-electron chi connectivity index (χ3n) is 5.61. The average molecular weight is 470 g/mol. The molecule has 2 atom stereocenters. The summed E-state index contributed by atoms with van der Waals surface area (Å²) in [5.74, 6) is -2.07. The maximum atomic E-state index is 12.9. The summed E-state index contributed by atoms with van der Waals surface area (Å²) in [6.07, 6.45) is 3.16. The van der Waals surface area contributed by atoms with Crippen LogP contribution in [0.25, 0.3) is 0 Å². The van der Waals surface area contributed by atoms with E-state index in [4.69, 9.17) is 0 Å². The van der Waals surface area contributed by atoms with E-state index in [1.807, 2.05) is 38.1 Å². The highest BCUT2D eigenvalue weighted by atomic mass is 16.2. The van der Waals surface area contributed by atoms with Gasteiger partial charge in [0.2, 0.25) is 11.8 Å². The Morgan fingerprint density at radius 1 is 0.912 bits per heavy atom. The van der Waals surface area contributed by atoms with Crippen molar-refractivity contribution in [1.29, 1.82) is 0 Å². The van der Waals surface area contributed by atoms with Crippen LogP contribution in [0.3, 0.4) is 0 Å². The van der Waals surface area contributed by atoms with Crippen LogP contribution in [-0.2, 0) is 30.4 Å². The largest absolute Gasteiger partial charge is 0.346 e. The van der Waals surface area contributed by atoms with Crippen LogP contribution in [0.4, 0.5) is 5.69 Å². The summed E-state index contributed by atoms with van der Waals surface area (Å²) in [5, 5.41) is 5.54. The third kappa shape index (κ3) is 7.93. The van der Waals surface area contributed by atoms with Gasteiger partial charge in [0.15, 0.2) is 5.78 Å². The second kappa shape index (κ2) is 12.3. The number of nitrogens with zero attached hydrogens (tertiary/aromatic N) is 1. The van der Waals surface area contributed by atoms with E-state index < -0.39 is 29.7 Å². The number of amides is 4. The maximum Gasteiger partial charge on any atom is 0.253 e. The molecule has 0 aromatic heterocycles. The van der Waals surface area contributed by atoms with Crippen molar-refractivity contribution >= 4 is 35.1 Å². The lowest BCUT2D eigenvalue weighted by Gasteiger charge is -2.23. The molecule has 1 aliphatic rings. The van der Waals surface area contributed by atoms with Gasteiger partial charge in [0.1, 0.15) is 0 Å². The van der Waals surface area contributed by atoms with Crippen molar-refractivity contribution in [2.75, 3.05) is 11.9 Å². The summed E-state index contributed by atoms with van der Waals surface area (Å²) >= 11 is 0. The van der Waals surface area contributed by atoms with Gasteiger partial charge in [0, 0.05) is 43.1 Å². The third-order valence-corrected chi connectivity index (χ3v) is 5.61. The van der Waals surface area contributed by atoms with E-state index in [0.717, 1.165) is 23.5 Å². The molecule has 184 valence electrons. The van der Waals surface area contributed by atoms with E-state index in [2.05, 4.69) is 24.5 Å². The van der Waals surface area contributed by atoms with Gasteiger partial charge in [-0.25, -0.2) is 0 Å². The number of nitrogens with one attached hydrogen (secondary N) is 2. The minimum atomic E-state index is -0.763. The lowest BCUT2D eigenvalue weighted by Crippen LogP contribution is -2.46. The van der Waals surface area contributed by atoms with Crippen molar-refractivity contribution in [3.05, 3.63) is 42.0 Å². The number of anilines is 1. The highest BCUT2D eigenvalue weighted by Crippen LogP contribution is 2.16. The summed E-state index contributed by atoms with van der Waals surface area (Å²) in [5.41, 5.74) is 1.87. The summed E-state index contributed by atoms with van der Waals surface area (Å²) in [4.78, 5) is 62.1. The molecule has 0 saturated heterocycles. The van der Waals surface area contributed by atoms with Crippen LogP contribution in [0.5, 0.6) is 0 Å². The fourth-order valence-electron chi connectivity index (χ4n) is 3.71. The van der Waals surface area contributed by atoms with Gasteiger partial charge >= 0.3 is 0 Å². The zero-order valence-corrected chi connectivity index (χ0v) is 20.6. The van der Waals surface area contributed by atoms with E-state index >= 15 is 0 Å². The Labute approximate surface area is 201 Å². The minimum Gasteiger partial charge on any atom is -0.346 e. The molecule has 0 aliphatic carbocycles. The van der Waals surface area contributed by atoms with Crippen LogP contribution < -0.4 is 10.6 Å². The molecule has 8 nitrogen and oxygen atoms in total. The van der Waals surface area contributed by atoms with Gasteiger partial charge < -0.3 is 10.6 Å². The fourth-order valence-corrected chi connectivity index (χ4v) is 3.71. The molecule has 34 heavy (non-hydrogen) atoms. The Kier molecular flexibility index (Phi) is 9.71. The van der Waals surface area contributed by atoms with Gasteiger partial charge in [-0.3, -0.25) is 28.9 Å². The summed E-state index contributed by atoms with van der Waals surface area (Å²) in [7, 11) is 0. The van der Waals surface area contributed by atoms with Crippen molar-refractivity contribution in [2.24, 2.45) is 17.8 Å². The second-order valence-corrected chi connectivity index (χ2v) is 9.56. The highest BCUT2D eigenvalue weighted by molar-refractivity contribution is 6.13. The molecule has 1 unspecified atom stereocenters. The van der Waals surface area contributed by atoms with Gasteiger partial charge in [-0.05, 0) is 36.0 Å². The van der Waals surface area contributed by atoms with Crippen molar-refractivity contribution in [3.8, 4) is 0 Å². The molecule has 1 aromatic carbocycles. The number of hydrogen-bond acceptors (Lipinski definition) is 5. The van der Waals surface area contributed by atoms with E-state index in [0.29, 0.717) is 11.6 Å². The molecule has 0 saturated carbocycles. The number of carbonyl (C=O) groups excluding carboxylic acids is 5. The molecule has 0 radical (unpaired) electrons. The number of hydrogen-bond donors (Lipinski definition) is 2. The normalized spacial score (nSPS) is 15.1. The number of benzene rings is 1. The summed E-state index contributed by atoms with van der Waals surface area (Å²) < 4.78 is 0. The number of rotatable bonds is 12. The van der Waals surface area contributed by atoms with Crippen molar-refractivity contribution in [1.82, 2.24) is 10.2 Å². The maximum absolute atomic E-state index is 12.9. The van der Waals surface area contributed by atoms with Crippen LogP contribution >= 0.6 is 0 Å². The van der Waals surface area contributed by atoms with E-state index in [9.17, 15) is 24.0 Å². The quantitative estimate of drug-likeness (QED) is 0.457. The molecule has 1 aliphatic heterocycles. The van der Waals surface area contributed by atoms with E-state index in [1.165, 1.54) is 5.56 Å². The lowest BCUT2D eigenvalue weighted by molar-refractivity contribution is -0.137. The number of imide groups is 1. The Balaban J connectivity index is 1.87. The molecule has 2 rings (SSSR count). The van der Waals surface area contributed by atoms with Gasteiger partial charge in [-0.1, -0.05) is 46.8 Å². The van der Waals surface area contributed by atoms with Crippen molar-refractivity contribution < 1.29 is 24.0 Å². The Morgan fingerprint density at radius 3 is 2.03 bits per heavy atom. The first-order valence-electron chi connectivity index (χ1n) is 11.7.